The summed E-state index contributed by atoms with van der Waals surface area (Å²) in [5, 5.41) is 41.7. The van der Waals surface area contributed by atoms with E-state index in [0.717, 1.165) is 95.1 Å². The first-order chi connectivity index (χ1) is 52.7. The first-order valence-corrected chi connectivity index (χ1v) is 35.4. The average Bonchev–Trinajstić information content (AvgIpc) is 1.72. The molecule has 13 aromatic rings. The average molecular weight is 1530 g/mol. The molecule has 3 heterocycles. The second kappa shape index (κ2) is 36.3. The Kier molecular flexibility index (Phi) is 25.6. The van der Waals surface area contributed by atoms with E-state index in [2.05, 4.69) is 31.4 Å². The Labute approximate surface area is 639 Å². The van der Waals surface area contributed by atoms with Crippen molar-refractivity contribution in [3.63, 3.8) is 0 Å². The maximum absolute atomic E-state index is 12.7. The number of methoxy groups -OCH3 is 3. The van der Waals surface area contributed by atoms with E-state index in [9.17, 15) is 19.8 Å². The smallest absolute Gasteiger partial charge is 0.331 e. The molecule has 0 radical (unpaired) electrons. The molecule has 20 heteroatoms. The lowest BCUT2D eigenvalue weighted by Crippen LogP contribution is -2.22. The number of benzene rings is 10. The molecule has 0 fully saturated rings. The number of carbonyl (C=O) groups excluding carboxylic acids is 1. The number of carboxylic acid groups (broad SMARTS) is 1. The quantitative estimate of drug-likeness (QED) is 0.0355. The Morgan fingerprint density at radius 3 is 1.13 bits per heavy atom. The summed E-state index contributed by atoms with van der Waals surface area (Å²) >= 11 is 3.70. The summed E-state index contributed by atoms with van der Waals surface area (Å²) in [4.78, 5) is 23.4. The van der Waals surface area contributed by atoms with Gasteiger partial charge in [-0.05, 0) is 163 Å². The molecule has 0 aliphatic carbocycles. The van der Waals surface area contributed by atoms with Crippen molar-refractivity contribution >= 4 is 40.0 Å². The fourth-order valence-electron chi connectivity index (χ4n) is 11.5. The number of aromatic nitrogens is 3. The number of carbonyl (C=O) groups is 2. The zero-order valence-corrected chi connectivity index (χ0v) is 63.0. The van der Waals surface area contributed by atoms with Gasteiger partial charge < -0.3 is 66.8 Å². The third-order valence-corrected chi connectivity index (χ3v) is 17.5. The molecule has 19 nitrogen and oxygen atoms in total. The van der Waals surface area contributed by atoms with Crippen LogP contribution in [0.2, 0.25) is 0 Å². The molecule has 0 unspecified atom stereocenters. The molecule has 0 saturated carbocycles. The van der Waals surface area contributed by atoms with Crippen molar-refractivity contribution in [2.75, 3.05) is 21.3 Å². The fraction of sp³-hybridized carbons (Fsp3) is 0.157. The van der Waals surface area contributed by atoms with Crippen LogP contribution in [0.3, 0.4) is 0 Å². The third kappa shape index (κ3) is 20.3. The van der Waals surface area contributed by atoms with Gasteiger partial charge in [-0.25, -0.2) is 9.59 Å². The summed E-state index contributed by atoms with van der Waals surface area (Å²) in [5.74, 6) is 4.00. The number of carboxylic acids is 1. The van der Waals surface area contributed by atoms with E-state index in [1.807, 2.05) is 241 Å². The monoisotopic (exact) mass is 1530 g/mol. The van der Waals surface area contributed by atoms with Crippen LogP contribution in [-0.4, -0.2) is 69.7 Å². The van der Waals surface area contributed by atoms with Crippen LogP contribution in [0.1, 0.15) is 71.2 Å². The van der Waals surface area contributed by atoms with Crippen molar-refractivity contribution in [1.82, 2.24) is 15.5 Å². The topological polar surface area (TPSA) is 247 Å². The maximum atomic E-state index is 12.7. The van der Waals surface area contributed by atoms with Crippen molar-refractivity contribution < 1.29 is 76.4 Å². The molecule has 0 bridgehead atoms. The van der Waals surface area contributed by atoms with E-state index in [-0.39, 0.29) is 22.6 Å². The number of ether oxygens (including phenoxy) is 8. The van der Waals surface area contributed by atoms with Gasteiger partial charge in [0.15, 0.2) is 17.3 Å². The number of aromatic hydroxyl groups is 2. The number of aryl methyl sites for hydroxylation is 3. The molecule has 10 aromatic carbocycles. The number of esters is 1. The Morgan fingerprint density at radius 2 is 0.752 bits per heavy atom. The molecule has 0 aliphatic rings. The summed E-state index contributed by atoms with van der Waals surface area (Å²) in [6, 6.07) is 72.9. The zero-order chi connectivity index (χ0) is 77.0. The number of hydrogen-bond donors (Lipinski definition) is 3. The van der Waals surface area contributed by atoms with Crippen LogP contribution in [0.5, 0.6) is 51.7 Å². The minimum Gasteiger partial charge on any atom is -0.507 e. The van der Waals surface area contributed by atoms with Gasteiger partial charge in [-0.3, -0.25) is 0 Å². The van der Waals surface area contributed by atoms with Gasteiger partial charge in [-0.1, -0.05) is 173 Å². The lowest BCUT2D eigenvalue weighted by molar-refractivity contribution is -0.148. The lowest BCUT2D eigenvalue weighted by atomic mass is 9.97. The van der Waals surface area contributed by atoms with E-state index in [1.54, 1.807) is 46.5 Å². The van der Waals surface area contributed by atoms with Crippen LogP contribution in [0, 0.1) is 20.8 Å². The van der Waals surface area contributed by atoms with E-state index in [4.69, 9.17) is 56.6 Å². The second-order valence-corrected chi connectivity index (χ2v) is 26.7. The Balaban J connectivity index is 0.000000167. The third-order valence-electron chi connectivity index (χ3n) is 16.9. The van der Waals surface area contributed by atoms with Gasteiger partial charge in [0.1, 0.15) is 83.8 Å². The molecule has 0 aliphatic heterocycles. The second-order valence-electron chi connectivity index (χ2n) is 25.8. The molecule has 3 N–H and O–H groups in total. The Hall–Kier alpha value is -13.1. The predicted molar refractivity (Wildman–Crippen MR) is 422 cm³/mol. The Bertz CT molecular complexity index is 5270. The number of nitrogens with zero attached hydrogens (tertiary/aromatic N) is 3. The van der Waals surface area contributed by atoms with E-state index in [1.165, 1.54) is 18.2 Å². The fourth-order valence-corrected chi connectivity index (χ4v) is 12.0. The molecule has 0 spiro atoms. The highest BCUT2D eigenvalue weighted by Gasteiger charge is 2.27. The molecule has 109 heavy (non-hydrogen) atoms. The molecule has 13 rings (SSSR count). The summed E-state index contributed by atoms with van der Waals surface area (Å²) in [6.45, 7) is 12.6. The lowest BCUT2D eigenvalue weighted by Gasteiger charge is -2.18. The molecule has 554 valence electrons. The minimum absolute atomic E-state index is 0.217. The summed E-state index contributed by atoms with van der Waals surface area (Å²) in [6.07, 6.45) is 5.22. The van der Waals surface area contributed by atoms with Crippen LogP contribution in [0.15, 0.2) is 261 Å². The van der Waals surface area contributed by atoms with Gasteiger partial charge in [-0.2, -0.15) is 0 Å². The van der Waals surface area contributed by atoms with Gasteiger partial charge in [0.05, 0.1) is 76.3 Å². The molecule has 0 atom stereocenters. The molecule has 0 saturated heterocycles. The summed E-state index contributed by atoms with van der Waals surface area (Å²) < 4.78 is 64.8. The first-order valence-electron chi connectivity index (χ1n) is 34.6. The van der Waals surface area contributed by atoms with Gasteiger partial charge in [0.25, 0.3) is 0 Å². The van der Waals surface area contributed by atoms with Gasteiger partial charge in [0, 0.05) is 41.5 Å². The number of hydrogen-bond acceptors (Lipinski definition) is 18. The van der Waals surface area contributed by atoms with Gasteiger partial charge in [-0.15, -0.1) is 0 Å². The van der Waals surface area contributed by atoms with E-state index < -0.39 is 17.5 Å². The van der Waals surface area contributed by atoms with Gasteiger partial charge >= 0.3 is 11.9 Å². The standard InChI is InChI=1S/C38H37NO6.C31H26BrNO4.C20H17NO6/c1-26-36(29-16-19-31(41-5)20-17-29)37(45-39-26)32-22-30(18-21-35(40)44-38(2,3)4)33(42-24-27-12-8-6-9-13-27)23-34(32)43-25-28-14-10-7-11-15-28;1-21-30(24-13-15-25(34-2)16-14-24)31(37-33-21)26-17-27(32)29(36-20-23-11-7-4-8-12-23)18-28(26)35-19-22-9-5-3-6-10-22;1-11-19(12-3-6-14(26-2)7-4-12)20(27-21-11)15-9-13(5-8-18(24)25)16(22)10-17(15)23/h6-23H,24-25H2,1-5H3;3-18H,19-20H2,1-2H3;3-10,22-23H,1-2H3,(H,24,25)/b21-18+;;8-5+. The van der Waals surface area contributed by atoms with Crippen molar-refractivity contribution in [3.05, 3.63) is 298 Å². The molecular weight excluding hydrogens is 1450 g/mol. The van der Waals surface area contributed by atoms with Crippen molar-refractivity contribution in [2.45, 2.75) is 73.6 Å². The van der Waals surface area contributed by atoms with Crippen LogP contribution >= 0.6 is 15.9 Å². The first kappa shape index (κ1) is 77.0. The maximum Gasteiger partial charge on any atom is 0.331 e. The number of aliphatic carboxylic acids is 1. The van der Waals surface area contributed by atoms with E-state index in [0.29, 0.717) is 94.8 Å². The number of rotatable bonds is 25. The van der Waals surface area contributed by atoms with Crippen molar-refractivity contribution in [1.29, 1.82) is 0 Å². The zero-order valence-electron chi connectivity index (χ0n) is 61.4. The predicted octanol–water partition coefficient (Wildman–Crippen LogP) is 20.9. The van der Waals surface area contributed by atoms with E-state index >= 15 is 0 Å². The number of phenols is 2. The molecule has 0 amide bonds. The molecular formula is C89H80BrN3O16. The van der Waals surface area contributed by atoms with Crippen LogP contribution in [0.4, 0.5) is 0 Å². The summed E-state index contributed by atoms with van der Waals surface area (Å²) in [7, 11) is 4.86. The minimum atomic E-state index is -1.15. The van der Waals surface area contributed by atoms with Crippen LogP contribution < -0.4 is 33.2 Å². The highest BCUT2D eigenvalue weighted by Crippen LogP contribution is 2.47. The number of phenolic OH excluding ortho intramolecular Hbond substituents is 2. The van der Waals surface area contributed by atoms with Crippen LogP contribution in [0.25, 0.3) is 79.5 Å². The highest BCUT2D eigenvalue weighted by atomic mass is 79.9. The SMILES string of the molecule is COc1ccc(-c2c(C)noc2-c2cc(/C=C/C(=O)O)c(O)cc2O)cc1.COc1ccc(-c2c(C)noc2-c2cc(/C=C/C(=O)OC(C)(C)C)c(OCc3ccccc3)cc2OCc2ccccc2)cc1.COc1ccc(-c2c(C)noc2-c2cc(Br)c(OCc3ccccc3)cc2OCc2ccccc2)cc1. The van der Waals surface area contributed by atoms with Crippen LogP contribution in [-0.2, 0) is 40.8 Å². The Morgan fingerprint density at radius 1 is 0.413 bits per heavy atom. The van der Waals surface area contributed by atoms with Gasteiger partial charge in [0.2, 0.25) is 0 Å². The van der Waals surface area contributed by atoms with Crippen molar-refractivity contribution in [3.8, 4) is 119 Å². The van der Waals surface area contributed by atoms with Crippen molar-refractivity contribution in [2.24, 2.45) is 0 Å². The largest absolute Gasteiger partial charge is 0.507 e. The highest BCUT2D eigenvalue weighted by molar-refractivity contribution is 9.10. The summed E-state index contributed by atoms with van der Waals surface area (Å²) in [5.41, 5.74) is 13.3. The number of halogens is 1. The normalized spacial score (nSPS) is 11.1. The molecule has 3 aromatic heterocycles.